The summed E-state index contributed by atoms with van der Waals surface area (Å²) in [6.45, 7) is 0. The van der Waals surface area contributed by atoms with E-state index in [-0.39, 0.29) is 12.3 Å². The summed E-state index contributed by atoms with van der Waals surface area (Å²) in [5.74, 6) is -1.84. The lowest BCUT2D eigenvalue weighted by atomic mass is 9.94. The Morgan fingerprint density at radius 3 is 2.78 bits per heavy atom. The van der Waals surface area contributed by atoms with Gasteiger partial charge in [0.15, 0.2) is 0 Å². The van der Waals surface area contributed by atoms with Crippen LogP contribution in [-0.2, 0) is 9.59 Å². The summed E-state index contributed by atoms with van der Waals surface area (Å²) in [6, 6.07) is 4.69. The van der Waals surface area contributed by atoms with Gasteiger partial charge in [0.25, 0.3) is 0 Å². The van der Waals surface area contributed by atoms with Gasteiger partial charge in [0, 0.05) is 23.0 Å². The maximum absolute atomic E-state index is 11.7. The molecule has 0 bridgehead atoms. The molecule has 1 amide bonds. The van der Waals surface area contributed by atoms with Gasteiger partial charge in [0.1, 0.15) is 0 Å². The van der Waals surface area contributed by atoms with Gasteiger partial charge in [-0.3, -0.25) is 9.59 Å². The Hall–Kier alpha value is -1.07. The van der Waals surface area contributed by atoms with Crippen molar-refractivity contribution >= 4 is 39.4 Å². The van der Waals surface area contributed by atoms with E-state index in [0.717, 1.165) is 5.56 Å². The van der Waals surface area contributed by atoms with E-state index < -0.39 is 17.9 Å². The number of benzene rings is 1. The van der Waals surface area contributed by atoms with Gasteiger partial charge in [-0.05, 0) is 17.7 Å². The third-order valence-electron chi connectivity index (χ3n) is 3.18. The number of halogens is 2. The minimum absolute atomic E-state index is 0.0333. The Balaban J connectivity index is 2.46. The number of nitrogens with zero attached hydrogens (tertiary/aromatic N) is 1. The molecule has 4 nitrogen and oxygen atoms in total. The fraction of sp³-hybridized carbons (Fsp3) is 0.333. The molecule has 2 atom stereocenters. The molecule has 0 radical (unpaired) electrons. The number of hydrogen-bond donors (Lipinski definition) is 1. The number of rotatable bonds is 2. The number of carbonyl (C=O) groups excluding carboxylic acids is 1. The van der Waals surface area contributed by atoms with E-state index in [9.17, 15) is 14.7 Å². The van der Waals surface area contributed by atoms with Crippen LogP contribution in [0.5, 0.6) is 0 Å². The highest BCUT2D eigenvalue weighted by atomic mass is 79.9. The molecule has 1 aliphatic heterocycles. The molecular weight excluding hydrogens is 321 g/mol. The van der Waals surface area contributed by atoms with E-state index in [1.165, 1.54) is 4.90 Å². The van der Waals surface area contributed by atoms with Crippen LogP contribution in [0.2, 0.25) is 5.02 Å². The highest BCUT2D eigenvalue weighted by molar-refractivity contribution is 9.10. The van der Waals surface area contributed by atoms with Gasteiger partial charge in [0.2, 0.25) is 5.91 Å². The first kappa shape index (κ1) is 13.4. The quantitative estimate of drug-likeness (QED) is 0.906. The minimum Gasteiger partial charge on any atom is -0.481 e. The highest BCUT2D eigenvalue weighted by Crippen LogP contribution is 2.40. The van der Waals surface area contributed by atoms with E-state index in [2.05, 4.69) is 15.9 Å². The minimum atomic E-state index is -0.959. The summed E-state index contributed by atoms with van der Waals surface area (Å²) in [7, 11) is 1.62. The summed E-state index contributed by atoms with van der Waals surface area (Å²) >= 11 is 9.23. The van der Waals surface area contributed by atoms with E-state index >= 15 is 0 Å². The van der Waals surface area contributed by atoms with Crippen molar-refractivity contribution in [2.24, 2.45) is 5.92 Å². The lowest BCUT2D eigenvalue weighted by Gasteiger charge is -2.24. The third-order valence-corrected chi connectivity index (χ3v) is 4.11. The Morgan fingerprint density at radius 1 is 1.56 bits per heavy atom. The summed E-state index contributed by atoms with van der Waals surface area (Å²) in [5.41, 5.74) is 0.764. The first-order chi connectivity index (χ1) is 8.41. The Bertz CT molecular complexity index is 520. The number of carbonyl (C=O) groups is 2. The molecule has 2 rings (SSSR count). The number of amides is 1. The van der Waals surface area contributed by atoms with Crippen LogP contribution >= 0.6 is 27.5 Å². The number of likely N-dealkylation sites (tertiary alicyclic amines) is 1. The number of carboxylic acids is 1. The normalized spacial score (nSPS) is 23.5. The van der Waals surface area contributed by atoms with Gasteiger partial charge in [0.05, 0.1) is 12.0 Å². The second kappa shape index (κ2) is 4.90. The predicted octanol–water partition coefficient (Wildman–Crippen LogP) is 2.71. The van der Waals surface area contributed by atoms with Crippen LogP contribution in [0.3, 0.4) is 0 Å². The first-order valence-electron chi connectivity index (χ1n) is 5.35. The predicted molar refractivity (Wildman–Crippen MR) is 70.4 cm³/mol. The Kier molecular flexibility index (Phi) is 3.64. The van der Waals surface area contributed by atoms with Crippen LogP contribution in [-0.4, -0.2) is 28.9 Å². The van der Waals surface area contributed by atoms with Crippen molar-refractivity contribution in [1.29, 1.82) is 0 Å². The third kappa shape index (κ3) is 2.24. The average molecular weight is 333 g/mol. The molecule has 1 N–H and O–H groups in total. The number of carboxylic acid groups (broad SMARTS) is 1. The zero-order valence-electron chi connectivity index (χ0n) is 9.56. The van der Waals surface area contributed by atoms with Crippen molar-refractivity contribution in [2.45, 2.75) is 12.5 Å². The summed E-state index contributed by atoms with van der Waals surface area (Å²) in [4.78, 5) is 24.4. The molecule has 0 saturated carbocycles. The number of hydrogen-bond acceptors (Lipinski definition) is 2. The Morgan fingerprint density at radius 2 is 2.22 bits per heavy atom. The molecule has 1 aromatic carbocycles. The smallest absolute Gasteiger partial charge is 0.309 e. The second-order valence-corrected chi connectivity index (χ2v) is 5.55. The number of aliphatic carboxylic acids is 1. The van der Waals surface area contributed by atoms with Gasteiger partial charge in [-0.1, -0.05) is 33.6 Å². The van der Waals surface area contributed by atoms with E-state index in [0.29, 0.717) is 9.50 Å². The maximum atomic E-state index is 11.7. The summed E-state index contributed by atoms with van der Waals surface area (Å²) in [5, 5.41) is 9.77. The van der Waals surface area contributed by atoms with Gasteiger partial charge < -0.3 is 10.0 Å². The molecule has 96 valence electrons. The van der Waals surface area contributed by atoms with Gasteiger partial charge in [-0.25, -0.2) is 0 Å². The van der Waals surface area contributed by atoms with Crippen molar-refractivity contribution in [3.63, 3.8) is 0 Å². The van der Waals surface area contributed by atoms with Crippen LogP contribution in [0.4, 0.5) is 0 Å². The second-order valence-electron chi connectivity index (χ2n) is 4.26. The van der Waals surface area contributed by atoms with Crippen LogP contribution in [0.25, 0.3) is 0 Å². The summed E-state index contributed by atoms with van der Waals surface area (Å²) < 4.78 is 0.716. The fourth-order valence-corrected chi connectivity index (χ4v) is 3.18. The fourth-order valence-electron chi connectivity index (χ4n) is 2.26. The zero-order chi connectivity index (χ0) is 13.4. The molecular formula is C12H11BrClNO3. The molecule has 6 heteroatoms. The standard InChI is InChI=1S/C12H11BrClNO3/c1-15-10(16)5-8(12(17)18)11(15)7-3-2-6(14)4-9(7)13/h2-4,8,11H,5H2,1H3,(H,17,18). The van der Waals surface area contributed by atoms with Crippen molar-refractivity contribution in [1.82, 2.24) is 4.90 Å². The van der Waals surface area contributed by atoms with Crippen molar-refractivity contribution < 1.29 is 14.7 Å². The monoisotopic (exact) mass is 331 g/mol. The van der Waals surface area contributed by atoms with Gasteiger partial charge >= 0.3 is 5.97 Å². The topological polar surface area (TPSA) is 57.6 Å². The van der Waals surface area contributed by atoms with E-state index in [1.807, 2.05) is 0 Å². The SMILES string of the molecule is CN1C(=O)CC(C(=O)O)C1c1ccc(Cl)cc1Br. The molecule has 2 unspecified atom stereocenters. The van der Waals surface area contributed by atoms with Crippen LogP contribution in [0.15, 0.2) is 22.7 Å². The average Bonchev–Trinajstić information content (AvgIpc) is 2.57. The van der Waals surface area contributed by atoms with Crippen LogP contribution in [0, 0.1) is 5.92 Å². The van der Waals surface area contributed by atoms with Crippen molar-refractivity contribution in [3.8, 4) is 0 Å². The van der Waals surface area contributed by atoms with E-state index in [1.54, 1.807) is 25.2 Å². The molecule has 0 spiro atoms. The van der Waals surface area contributed by atoms with Crippen molar-refractivity contribution in [3.05, 3.63) is 33.3 Å². The molecule has 0 aromatic heterocycles. The lowest BCUT2D eigenvalue weighted by molar-refractivity contribution is -0.142. The Labute approximate surface area is 118 Å². The molecule has 18 heavy (non-hydrogen) atoms. The molecule has 1 aromatic rings. The van der Waals surface area contributed by atoms with Gasteiger partial charge in [-0.2, -0.15) is 0 Å². The van der Waals surface area contributed by atoms with Crippen molar-refractivity contribution in [2.75, 3.05) is 7.05 Å². The first-order valence-corrected chi connectivity index (χ1v) is 6.52. The largest absolute Gasteiger partial charge is 0.481 e. The summed E-state index contributed by atoms with van der Waals surface area (Å²) in [6.07, 6.45) is 0.0333. The van der Waals surface area contributed by atoms with Crippen LogP contribution in [0.1, 0.15) is 18.0 Å². The molecule has 1 fully saturated rings. The molecule has 1 aliphatic rings. The van der Waals surface area contributed by atoms with E-state index in [4.69, 9.17) is 11.6 Å². The van der Waals surface area contributed by atoms with Crippen LogP contribution < -0.4 is 0 Å². The molecule has 0 aliphatic carbocycles. The lowest BCUT2D eigenvalue weighted by Crippen LogP contribution is -2.27. The maximum Gasteiger partial charge on any atom is 0.309 e. The van der Waals surface area contributed by atoms with Gasteiger partial charge in [-0.15, -0.1) is 0 Å². The zero-order valence-corrected chi connectivity index (χ0v) is 11.9. The molecule has 1 saturated heterocycles. The molecule has 1 heterocycles. The highest BCUT2D eigenvalue weighted by Gasteiger charge is 2.43.